The maximum atomic E-state index is 2.31. The summed E-state index contributed by atoms with van der Waals surface area (Å²) in [5, 5.41) is 0. The molecule has 2 aliphatic rings. The van der Waals surface area contributed by atoms with Gasteiger partial charge in [0.25, 0.3) is 0 Å². The van der Waals surface area contributed by atoms with E-state index in [1.165, 1.54) is 12.8 Å². The molecule has 0 aliphatic heterocycles. The van der Waals surface area contributed by atoms with Crippen molar-refractivity contribution in [2.24, 2.45) is 0 Å². The Kier molecular flexibility index (Phi) is 3.13. The van der Waals surface area contributed by atoms with Crippen molar-refractivity contribution < 1.29 is 0 Å². The second-order valence-corrected chi connectivity index (χ2v) is 7.18. The third-order valence-electron chi connectivity index (χ3n) is 3.01. The first-order valence-electron chi connectivity index (χ1n) is 4.97. The first-order valence-corrected chi connectivity index (χ1v) is 7.18. The van der Waals surface area contributed by atoms with Gasteiger partial charge in [-0.3, -0.25) is 0 Å². The Morgan fingerprint density at radius 1 is 0.923 bits per heavy atom. The van der Waals surface area contributed by atoms with Crippen LogP contribution in [-0.2, 0) is 0 Å². The Bertz CT molecular complexity index is 306. The van der Waals surface area contributed by atoms with Crippen molar-refractivity contribution in [3.05, 3.63) is 38.8 Å². The first-order chi connectivity index (χ1) is 6.27. The van der Waals surface area contributed by atoms with Gasteiger partial charge in [0.15, 0.2) is 0 Å². The minimum absolute atomic E-state index is 0.547. The van der Waals surface area contributed by atoms with Gasteiger partial charge >= 0.3 is 99.3 Å². The maximum absolute atomic E-state index is 2.31. The molecule has 0 unspecified atom stereocenters. The van der Waals surface area contributed by atoms with E-state index < -0.39 is 33.8 Å². The van der Waals surface area contributed by atoms with Gasteiger partial charge in [0.2, 0.25) is 0 Å². The first kappa shape index (κ1) is 9.76. The standard InChI is InChI=1S/2C6H7.Ca/c2*1-6-4-2-3-5-6;/h2*2,4H,3H2,1H3;. The predicted molar refractivity (Wildman–Crippen MR) is 58.7 cm³/mol. The zero-order valence-corrected chi connectivity index (χ0v) is 10.6. The zero-order valence-electron chi connectivity index (χ0n) is 8.43. The molecule has 64 valence electrons. The van der Waals surface area contributed by atoms with E-state index in [2.05, 4.69) is 38.2 Å². The molecule has 0 radical (unpaired) electrons. The molecular weight excluding hydrogens is 184 g/mol. The van der Waals surface area contributed by atoms with Crippen LogP contribution in [0, 0.1) is 0 Å². The Hall–Kier alpha value is 0.220. The second kappa shape index (κ2) is 4.16. The van der Waals surface area contributed by atoms with Crippen LogP contribution < -0.4 is 0 Å². The molecule has 13 heavy (non-hydrogen) atoms. The summed E-state index contributed by atoms with van der Waals surface area (Å²) in [5.41, 5.74) is 3.12. The van der Waals surface area contributed by atoms with Gasteiger partial charge in [-0.05, 0) is 0 Å². The van der Waals surface area contributed by atoms with E-state index >= 15 is 0 Å². The Morgan fingerprint density at radius 2 is 1.38 bits per heavy atom. The average molecular weight is 198 g/mol. The Morgan fingerprint density at radius 3 is 1.69 bits per heavy atom. The predicted octanol–water partition coefficient (Wildman–Crippen LogP) is 3.16. The van der Waals surface area contributed by atoms with Crippen molar-refractivity contribution in [1.82, 2.24) is 0 Å². The summed E-state index contributed by atoms with van der Waals surface area (Å²) >= 11 is -0.547. The molecular formula is C12H14Ca. The van der Waals surface area contributed by atoms with Gasteiger partial charge in [-0.2, -0.15) is 0 Å². The summed E-state index contributed by atoms with van der Waals surface area (Å²) in [6, 6.07) is 0. The molecule has 0 amide bonds. The average Bonchev–Trinajstić information content (AvgIpc) is 2.65. The van der Waals surface area contributed by atoms with Gasteiger partial charge in [0, 0.05) is 0 Å². The van der Waals surface area contributed by atoms with Gasteiger partial charge in [-0.25, -0.2) is 0 Å². The molecule has 2 aliphatic carbocycles. The van der Waals surface area contributed by atoms with E-state index in [4.69, 9.17) is 0 Å². The summed E-state index contributed by atoms with van der Waals surface area (Å²) in [6.07, 6.45) is 11.7. The molecule has 0 saturated heterocycles. The Balaban J connectivity index is 2.08. The van der Waals surface area contributed by atoms with Crippen molar-refractivity contribution >= 4 is 33.8 Å². The quantitative estimate of drug-likeness (QED) is 0.598. The molecule has 0 heterocycles. The molecule has 0 aromatic carbocycles. The van der Waals surface area contributed by atoms with Crippen molar-refractivity contribution in [2.45, 2.75) is 26.7 Å². The van der Waals surface area contributed by atoms with Gasteiger partial charge in [0.1, 0.15) is 0 Å². The van der Waals surface area contributed by atoms with Crippen LogP contribution in [0.15, 0.2) is 38.8 Å². The van der Waals surface area contributed by atoms with Crippen molar-refractivity contribution in [3.63, 3.8) is 0 Å². The zero-order chi connectivity index (χ0) is 9.26. The molecule has 0 atom stereocenters. The van der Waals surface area contributed by atoms with E-state index in [-0.39, 0.29) is 0 Å². The van der Waals surface area contributed by atoms with Crippen LogP contribution >= 0.6 is 0 Å². The van der Waals surface area contributed by atoms with Crippen molar-refractivity contribution in [2.75, 3.05) is 0 Å². The minimum atomic E-state index is -0.547. The van der Waals surface area contributed by atoms with Crippen LogP contribution in [0.2, 0.25) is 0 Å². The van der Waals surface area contributed by atoms with E-state index in [1.54, 1.807) is 14.5 Å². The number of hydrogen-bond donors (Lipinski definition) is 0. The fourth-order valence-corrected chi connectivity index (χ4v) is 5.01. The summed E-state index contributed by atoms with van der Waals surface area (Å²) in [6.45, 7) is 4.53. The summed E-state index contributed by atoms with van der Waals surface area (Å²) in [7, 11) is 0. The topological polar surface area (TPSA) is 0 Å². The van der Waals surface area contributed by atoms with Gasteiger partial charge in [-0.15, -0.1) is 0 Å². The van der Waals surface area contributed by atoms with E-state index in [1.807, 2.05) is 0 Å². The third kappa shape index (κ3) is 2.18. The normalized spacial score (nSPS) is 20.5. The number of allylic oxidation sites excluding steroid dienone is 8. The van der Waals surface area contributed by atoms with Crippen LogP contribution in [-0.4, -0.2) is 33.8 Å². The van der Waals surface area contributed by atoms with E-state index in [0.717, 1.165) is 0 Å². The van der Waals surface area contributed by atoms with Crippen LogP contribution in [0.25, 0.3) is 0 Å². The molecule has 0 spiro atoms. The molecule has 0 aromatic rings. The van der Waals surface area contributed by atoms with Gasteiger partial charge in [-0.1, -0.05) is 0 Å². The SMILES string of the molecule is CC1=[C]([Ca][C]2=C(C)C=CC2)CC=C1. The van der Waals surface area contributed by atoms with Crippen LogP contribution in [0.1, 0.15) is 26.7 Å². The van der Waals surface area contributed by atoms with Crippen LogP contribution in [0.4, 0.5) is 0 Å². The number of rotatable bonds is 2. The molecule has 0 nitrogen and oxygen atoms in total. The van der Waals surface area contributed by atoms with E-state index in [0.29, 0.717) is 0 Å². The van der Waals surface area contributed by atoms with Crippen LogP contribution in [0.5, 0.6) is 0 Å². The molecule has 0 aromatic heterocycles. The van der Waals surface area contributed by atoms with Gasteiger partial charge < -0.3 is 0 Å². The van der Waals surface area contributed by atoms with Crippen molar-refractivity contribution in [1.29, 1.82) is 0 Å². The second-order valence-electron chi connectivity index (χ2n) is 3.96. The van der Waals surface area contributed by atoms with E-state index in [9.17, 15) is 0 Å². The molecule has 1 heteroatoms. The number of hydrogen-bond acceptors (Lipinski definition) is 0. The molecule has 0 fully saturated rings. The molecule has 0 bridgehead atoms. The fraction of sp³-hybridized carbons (Fsp3) is 0.333. The third-order valence-corrected chi connectivity index (χ3v) is 6.98. The van der Waals surface area contributed by atoms with Crippen LogP contribution in [0.3, 0.4) is 0 Å². The summed E-state index contributed by atoms with van der Waals surface area (Å²) in [4.78, 5) is 0. The fourth-order valence-electron chi connectivity index (χ4n) is 1.99. The Labute approximate surface area is 98.4 Å². The summed E-state index contributed by atoms with van der Waals surface area (Å²) < 4.78 is 3.59. The van der Waals surface area contributed by atoms with Crippen molar-refractivity contribution in [3.8, 4) is 0 Å². The van der Waals surface area contributed by atoms with Gasteiger partial charge in [0.05, 0.1) is 0 Å². The molecule has 2 rings (SSSR count). The molecule has 0 N–H and O–H groups in total. The summed E-state index contributed by atoms with van der Waals surface area (Å²) in [5.74, 6) is 0. The molecule has 0 saturated carbocycles. The monoisotopic (exact) mass is 198 g/mol.